The number of H-pyrrole nitrogens is 1. The minimum absolute atomic E-state index is 0.380. The third kappa shape index (κ3) is 5.08. The van der Waals surface area contributed by atoms with E-state index in [1.807, 2.05) is 20.8 Å². The number of ether oxygens (including phenoxy) is 1. The Balaban J connectivity index is 1.68. The first-order valence-corrected chi connectivity index (χ1v) is 7.77. The molecule has 0 fully saturated rings. The summed E-state index contributed by atoms with van der Waals surface area (Å²) in [7, 11) is 0. The van der Waals surface area contributed by atoms with Crippen LogP contribution in [0.1, 0.15) is 40.0 Å². The zero-order valence-corrected chi connectivity index (χ0v) is 13.8. The number of alkyl carbamates (subject to hydrolysis) is 1. The van der Waals surface area contributed by atoms with Crippen LogP contribution in [0.3, 0.4) is 0 Å². The molecule has 2 aromatic heterocycles. The van der Waals surface area contributed by atoms with Gasteiger partial charge in [0.15, 0.2) is 11.1 Å². The average molecular weight is 320 g/mol. The summed E-state index contributed by atoms with van der Waals surface area (Å²) >= 11 is 0. The number of nitrogens with one attached hydrogen (secondary N) is 3. The van der Waals surface area contributed by atoms with Crippen molar-refractivity contribution >= 4 is 17.3 Å². The largest absolute Gasteiger partial charge is 0.444 e. The molecule has 0 saturated heterocycles. The molecule has 0 radical (unpaired) electrons. The average Bonchev–Trinajstić information content (AvgIpc) is 2.92. The smallest absolute Gasteiger partial charge is 0.407 e. The second kappa shape index (κ2) is 7.26. The Labute approximate surface area is 134 Å². The number of aromatic nitrogens is 4. The van der Waals surface area contributed by atoms with E-state index < -0.39 is 5.60 Å². The summed E-state index contributed by atoms with van der Waals surface area (Å²) in [5.41, 5.74) is 1.13. The Kier molecular flexibility index (Phi) is 5.36. The van der Waals surface area contributed by atoms with Crippen molar-refractivity contribution in [3.63, 3.8) is 0 Å². The number of carbonyl (C=O) groups excluding carboxylic acids is 1. The van der Waals surface area contributed by atoms with Crippen LogP contribution in [0.15, 0.2) is 12.7 Å². The van der Waals surface area contributed by atoms with E-state index in [4.69, 9.17) is 10.1 Å². The van der Waals surface area contributed by atoms with E-state index >= 15 is 0 Å². The second-order valence-electron chi connectivity index (χ2n) is 6.38. The van der Waals surface area contributed by atoms with Crippen LogP contribution in [0.2, 0.25) is 0 Å². The van der Waals surface area contributed by atoms with Gasteiger partial charge in [0.1, 0.15) is 11.1 Å². The van der Waals surface area contributed by atoms with Crippen molar-refractivity contribution in [2.24, 2.45) is 0 Å². The van der Waals surface area contributed by atoms with Crippen LogP contribution < -0.4 is 10.8 Å². The number of amides is 1. The van der Waals surface area contributed by atoms with Crippen LogP contribution in [0.5, 0.6) is 0 Å². The van der Waals surface area contributed by atoms with Crippen molar-refractivity contribution < 1.29 is 9.53 Å². The van der Waals surface area contributed by atoms with Gasteiger partial charge in [-0.2, -0.15) is 0 Å². The summed E-state index contributed by atoms with van der Waals surface area (Å²) < 4.78 is 6.96. The van der Waals surface area contributed by atoms with E-state index in [1.54, 1.807) is 17.2 Å². The lowest BCUT2D eigenvalue weighted by Gasteiger charge is -2.19. The van der Waals surface area contributed by atoms with Crippen LogP contribution in [0.25, 0.3) is 11.2 Å². The molecule has 126 valence electrons. The Morgan fingerprint density at radius 3 is 2.87 bits per heavy atom. The van der Waals surface area contributed by atoms with Gasteiger partial charge in [-0.05, 0) is 40.0 Å². The second-order valence-corrected chi connectivity index (χ2v) is 6.38. The molecule has 3 N–H and O–H groups in total. The van der Waals surface area contributed by atoms with Crippen molar-refractivity contribution in [1.82, 2.24) is 24.8 Å². The lowest BCUT2D eigenvalue weighted by atomic mass is 10.2. The van der Waals surface area contributed by atoms with Gasteiger partial charge in [-0.3, -0.25) is 5.41 Å². The molecule has 2 rings (SSSR count). The summed E-state index contributed by atoms with van der Waals surface area (Å²) in [4.78, 5) is 22.6. The molecule has 0 aliphatic heterocycles. The standard InChI is InChI=1S/C15H24N6O2/c1-15(2,3)23-14(22)17-7-5-4-6-8-21-10-20-13-11(12(21)16)18-9-19-13/h9-10,16H,4-8H2,1-3H3,(H,17,22)(H,18,19). The molecule has 8 heteroatoms. The highest BCUT2D eigenvalue weighted by molar-refractivity contribution is 5.67. The molecular formula is C15H24N6O2. The molecule has 0 bridgehead atoms. The van der Waals surface area contributed by atoms with Gasteiger partial charge < -0.3 is 19.6 Å². The zero-order valence-electron chi connectivity index (χ0n) is 13.8. The van der Waals surface area contributed by atoms with Crippen molar-refractivity contribution in [2.45, 2.75) is 52.2 Å². The molecule has 0 spiro atoms. The minimum atomic E-state index is -0.469. The number of aryl methyl sites for hydroxylation is 1. The first-order chi connectivity index (χ1) is 10.9. The van der Waals surface area contributed by atoms with E-state index in [0.29, 0.717) is 29.7 Å². The highest BCUT2D eigenvalue weighted by atomic mass is 16.6. The molecule has 0 atom stereocenters. The number of aromatic amines is 1. The van der Waals surface area contributed by atoms with Gasteiger partial charge >= 0.3 is 6.09 Å². The Hall–Kier alpha value is -2.38. The van der Waals surface area contributed by atoms with E-state index in [2.05, 4.69) is 20.3 Å². The molecule has 8 nitrogen and oxygen atoms in total. The molecule has 0 saturated carbocycles. The fourth-order valence-corrected chi connectivity index (χ4v) is 2.14. The summed E-state index contributed by atoms with van der Waals surface area (Å²) in [6, 6.07) is 0. The zero-order chi connectivity index (χ0) is 16.9. The lowest BCUT2D eigenvalue weighted by Crippen LogP contribution is -2.33. The third-order valence-electron chi connectivity index (χ3n) is 3.21. The van der Waals surface area contributed by atoms with E-state index in [-0.39, 0.29) is 6.09 Å². The van der Waals surface area contributed by atoms with Crippen molar-refractivity contribution in [2.75, 3.05) is 6.54 Å². The monoisotopic (exact) mass is 320 g/mol. The fraction of sp³-hybridized carbons (Fsp3) is 0.600. The molecule has 2 heterocycles. The maximum atomic E-state index is 11.5. The van der Waals surface area contributed by atoms with Gasteiger partial charge in [0, 0.05) is 13.1 Å². The summed E-state index contributed by atoms with van der Waals surface area (Å²) in [5, 5.41) is 10.8. The number of fused-ring (bicyclic) bond motifs is 1. The third-order valence-corrected chi connectivity index (χ3v) is 3.21. The summed E-state index contributed by atoms with van der Waals surface area (Å²) in [6.07, 6.45) is 5.53. The number of hydrogen-bond donors (Lipinski definition) is 3. The van der Waals surface area contributed by atoms with E-state index in [9.17, 15) is 4.79 Å². The van der Waals surface area contributed by atoms with Gasteiger partial charge in [0.05, 0.1) is 12.7 Å². The predicted molar refractivity (Wildman–Crippen MR) is 85.8 cm³/mol. The molecule has 0 aromatic carbocycles. The molecule has 23 heavy (non-hydrogen) atoms. The predicted octanol–water partition coefficient (Wildman–Crippen LogP) is 1.93. The van der Waals surface area contributed by atoms with Gasteiger partial charge in [-0.25, -0.2) is 14.8 Å². The molecule has 0 aliphatic rings. The summed E-state index contributed by atoms with van der Waals surface area (Å²) in [5.74, 6) is 0. The quantitative estimate of drug-likeness (QED) is 0.707. The van der Waals surface area contributed by atoms with E-state index in [1.165, 1.54) is 0 Å². The molecule has 0 aliphatic carbocycles. The highest BCUT2D eigenvalue weighted by Gasteiger charge is 2.15. The van der Waals surface area contributed by atoms with Crippen molar-refractivity contribution in [3.05, 3.63) is 18.1 Å². The van der Waals surface area contributed by atoms with Crippen LogP contribution in [0.4, 0.5) is 4.79 Å². The number of imidazole rings is 1. The van der Waals surface area contributed by atoms with Crippen LogP contribution in [0, 0.1) is 5.41 Å². The van der Waals surface area contributed by atoms with Gasteiger partial charge in [-0.15, -0.1) is 0 Å². The maximum absolute atomic E-state index is 11.5. The van der Waals surface area contributed by atoms with Gasteiger partial charge in [0.2, 0.25) is 0 Å². The Morgan fingerprint density at radius 2 is 2.13 bits per heavy atom. The minimum Gasteiger partial charge on any atom is -0.444 e. The number of nitrogens with zero attached hydrogens (tertiary/aromatic N) is 3. The normalized spacial score (nSPS) is 11.6. The molecule has 1 amide bonds. The van der Waals surface area contributed by atoms with Crippen molar-refractivity contribution in [3.8, 4) is 0 Å². The van der Waals surface area contributed by atoms with Gasteiger partial charge in [0.25, 0.3) is 0 Å². The first kappa shape index (κ1) is 17.0. The fourth-order valence-electron chi connectivity index (χ4n) is 2.14. The SMILES string of the molecule is CC(C)(C)OC(=O)NCCCCCn1cnc2nc[nH]c2c1=N. The van der Waals surface area contributed by atoms with Crippen LogP contribution in [-0.2, 0) is 11.3 Å². The molecule has 2 aromatic rings. The molecular weight excluding hydrogens is 296 g/mol. The van der Waals surface area contributed by atoms with Crippen molar-refractivity contribution in [1.29, 1.82) is 5.41 Å². The van der Waals surface area contributed by atoms with Crippen LogP contribution >= 0.6 is 0 Å². The maximum Gasteiger partial charge on any atom is 0.407 e. The topological polar surface area (TPSA) is 109 Å². The highest BCUT2D eigenvalue weighted by Crippen LogP contribution is 2.06. The number of rotatable bonds is 6. The number of unbranched alkanes of at least 4 members (excludes halogenated alkanes) is 2. The lowest BCUT2D eigenvalue weighted by molar-refractivity contribution is 0.0527. The Morgan fingerprint density at radius 1 is 1.35 bits per heavy atom. The first-order valence-electron chi connectivity index (χ1n) is 7.77. The van der Waals surface area contributed by atoms with E-state index in [0.717, 1.165) is 19.3 Å². The van der Waals surface area contributed by atoms with Crippen LogP contribution in [-0.4, -0.2) is 37.8 Å². The number of carbonyl (C=O) groups is 1. The summed E-state index contributed by atoms with van der Waals surface area (Å²) in [6.45, 7) is 6.82. The van der Waals surface area contributed by atoms with Gasteiger partial charge in [-0.1, -0.05) is 0 Å². The molecule has 0 unspecified atom stereocenters. The number of hydrogen-bond acceptors (Lipinski definition) is 5. The Bertz CT molecular complexity index is 713.